The molecule has 0 aromatic carbocycles. The van der Waals surface area contributed by atoms with E-state index in [0.717, 1.165) is 12.6 Å². The minimum Gasteiger partial charge on any atom is -0.0921 e. The fourth-order valence-corrected chi connectivity index (χ4v) is 2.01. The van der Waals surface area contributed by atoms with Crippen molar-refractivity contribution in [1.82, 2.24) is 0 Å². The Kier molecular flexibility index (Phi) is 1.67. The first-order valence-corrected chi connectivity index (χ1v) is 3.94. The Morgan fingerprint density at radius 1 is 1.56 bits per heavy atom. The molecule has 1 aliphatic carbocycles. The second-order valence-corrected chi connectivity index (χ2v) is 3.66. The summed E-state index contributed by atoms with van der Waals surface area (Å²) in [4.78, 5) is 0. The zero-order chi connectivity index (χ0) is 7.07. The van der Waals surface area contributed by atoms with Crippen molar-refractivity contribution in [2.24, 2.45) is 5.92 Å². The van der Waals surface area contributed by atoms with Gasteiger partial charge in [-0.25, -0.2) is 0 Å². The Morgan fingerprint density at radius 3 is 2.00 bits per heavy atom. The van der Waals surface area contributed by atoms with Crippen molar-refractivity contribution in [3.8, 4) is 0 Å². The van der Waals surface area contributed by atoms with Crippen molar-refractivity contribution in [2.75, 3.05) is 0 Å². The fourth-order valence-electron chi connectivity index (χ4n) is 2.01. The van der Waals surface area contributed by atoms with Crippen molar-refractivity contribution < 1.29 is 0 Å². The maximum Gasteiger partial charge on any atom is 0.132 e. The molecular weight excluding hydrogens is 106 g/mol. The Bertz CT molecular complexity index is 107. The highest BCUT2D eigenvalue weighted by atomic mass is 14.4. The highest BCUT2D eigenvalue weighted by Crippen LogP contribution is 2.60. The van der Waals surface area contributed by atoms with E-state index in [1.807, 2.05) is 0 Å². The molecule has 1 saturated carbocycles. The summed E-state index contributed by atoms with van der Waals surface area (Å²) in [5, 5.41) is 0.625. The first-order valence-electron chi connectivity index (χ1n) is 3.94. The predicted molar refractivity (Wildman–Crippen MR) is 45.6 cm³/mol. The van der Waals surface area contributed by atoms with Gasteiger partial charge in [-0.2, -0.15) is 0 Å². The predicted octanol–water partition coefficient (Wildman–Crippen LogP) is 2.23. The van der Waals surface area contributed by atoms with Crippen LogP contribution in [-0.4, -0.2) is 14.0 Å². The van der Waals surface area contributed by atoms with E-state index in [1.54, 1.807) is 0 Å². The Labute approximate surface area is 59.7 Å². The quantitative estimate of drug-likeness (QED) is 0.491. The molecule has 9 heavy (non-hydrogen) atoms. The minimum absolute atomic E-state index is 0.625. The second kappa shape index (κ2) is 2.07. The number of hydrogen-bond acceptors (Lipinski definition) is 0. The van der Waals surface area contributed by atoms with Crippen LogP contribution in [0.3, 0.4) is 0 Å². The molecule has 0 aromatic heterocycles. The van der Waals surface area contributed by atoms with Gasteiger partial charge in [-0.05, 0) is 0 Å². The van der Waals surface area contributed by atoms with E-state index in [0.29, 0.717) is 5.21 Å². The lowest BCUT2D eigenvalue weighted by molar-refractivity contribution is 0.940. The van der Waals surface area contributed by atoms with Crippen LogP contribution in [0.5, 0.6) is 0 Å². The third-order valence-corrected chi connectivity index (χ3v) is 3.03. The highest BCUT2D eigenvalue weighted by Gasteiger charge is 2.51. The van der Waals surface area contributed by atoms with Crippen LogP contribution in [-0.2, 0) is 0 Å². The van der Waals surface area contributed by atoms with Gasteiger partial charge in [0.2, 0.25) is 0 Å². The van der Waals surface area contributed by atoms with E-state index in [2.05, 4.69) is 34.7 Å². The maximum absolute atomic E-state index is 2.39. The van der Waals surface area contributed by atoms with Gasteiger partial charge in [0, 0.05) is 0 Å². The molecule has 0 saturated heterocycles. The average molecular weight is 121 g/mol. The van der Waals surface area contributed by atoms with Crippen LogP contribution in [0, 0.1) is 5.92 Å². The van der Waals surface area contributed by atoms with Gasteiger partial charge >= 0.3 is 0 Å². The average Bonchev–Trinajstić information content (AvgIpc) is 2.43. The molecule has 2 heteroatoms. The van der Waals surface area contributed by atoms with Crippen LogP contribution >= 0.6 is 0 Å². The minimum atomic E-state index is 0.625. The first-order chi connectivity index (χ1) is 4.13. The Balaban J connectivity index is 2.52. The normalized spacial score (nSPS) is 40.2. The van der Waals surface area contributed by atoms with Crippen LogP contribution in [0.25, 0.3) is 0 Å². The van der Waals surface area contributed by atoms with Crippen molar-refractivity contribution >= 4 is 14.0 Å². The summed E-state index contributed by atoms with van der Waals surface area (Å²) >= 11 is 0. The summed E-state index contributed by atoms with van der Waals surface area (Å²) in [5.74, 6) is 0.947. The van der Waals surface area contributed by atoms with Gasteiger partial charge in [-0.1, -0.05) is 44.9 Å². The topological polar surface area (TPSA) is 0 Å². The molecule has 0 heterocycles. The number of rotatable bonds is 2. The largest absolute Gasteiger partial charge is 0.132 e. The maximum atomic E-state index is 2.39. The summed E-state index contributed by atoms with van der Waals surface area (Å²) in [7, 11) is 2.39. The fraction of sp³-hybridized carbons (Fsp3) is 1.00. The van der Waals surface area contributed by atoms with Gasteiger partial charge in [0.25, 0.3) is 0 Å². The zero-order valence-electron chi connectivity index (χ0n) is 6.94. The molecular formula is C7H15B2. The lowest BCUT2D eigenvalue weighted by Crippen LogP contribution is -2.19. The summed E-state index contributed by atoms with van der Waals surface area (Å²) in [6, 6.07) is 0. The molecule has 0 bridgehead atoms. The van der Waals surface area contributed by atoms with E-state index < -0.39 is 0 Å². The smallest absolute Gasteiger partial charge is 0.0921 e. The van der Waals surface area contributed by atoms with E-state index in [4.69, 9.17) is 0 Å². The van der Waals surface area contributed by atoms with Crippen molar-refractivity contribution in [2.45, 2.75) is 39.0 Å². The third kappa shape index (κ3) is 0.929. The van der Waals surface area contributed by atoms with Crippen LogP contribution in [0.2, 0.25) is 25.7 Å². The lowest BCUT2D eigenvalue weighted by Gasteiger charge is -2.14. The Morgan fingerprint density at radius 2 is 2.00 bits per heavy atom. The van der Waals surface area contributed by atoms with Crippen LogP contribution < -0.4 is 0 Å². The third-order valence-electron chi connectivity index (χ3n) is 3.03. The first kappa shape index (κ1) is 7.24. The van der Waals surface area contributed by atoms with E-state index in [9.17, 15) is 0 Å². The molecule has 1 aliphatic rings. The van der Waals surface area contributed by atoms with Crippen molar-refractivity contribution in [1.29, 1.82) is 0 Å². The lowest BCUT2D eigenvalue weighted by atomic mass is 9.29. The molecule has 1 unspecified atom stereocenters. The van der Waals surface area contributed by atoms with Crippen LogP contribution in [0.4, 0.5) is 0 Å². The molecule has 0 aromatic rings. The summed E-state index contributed by atoms with van der Waals surface area (Å²) in [6.07, 6.45) is 1.42. The van der Waals surface area contributed by atoms with Crippen molar-refractivity contribution in [3.05, 3.63) is 0 Å². The van der Waals surface area contributed by atoms with Crippen molar-refractivity contribution in [3.63, 3.8) is 0 Å². The zero-order valence-corrected chi connectivity index (χ0v) is 6.94. The van der Waals surface area contributed by atoms with Crippen LogP contribution in [0.15, 0.2) is 0 Å². The van der Waals surface area contributed by atoms with Crippen LogP contribution in [0.1, 0.15) is 13.3 Å². The van der Waals surface area contributed by atoms with Gasteiger partial charge in [0.05, 0.1) is 0 Å². The molecule has 2 atom stereocenters. The van der Waals surface area contributed by atoms with Gasteiger partial charge in [-0.15, -0.1) is 0 Å². The van der Waals surface area contributed by atoms with Gasteiger partial charge in [-0.3, -0.25) is 0 Å². The molecule has 0 N–H and O–H groups in total. The van der Waals surface area contributed by atoms with Gasteiger partial charge in [0.15, 0.2) is 0 Å². The van der Waals surface area contributed by atoms with E-state index in [-0.39, 0.29) is 0 Å². The van der Waals surface area contributed by atoms with E-state index in [1.165, 1.54) is 6.42 Å². The molecule has 0 amide bonds. The molecule has 1 rings (SSSR count). The summed E-state index contributed by atoms with van der Waals surface area (Å²) in [5.41, 5.74) is 0. The molecule has 49 valence electrons. The highest BCUT2D eigenvalue weighted by molar-refractivity contribution is 6.74. The van der Waals surface area contributed by atoms with Gasteiger partial charge < -0.3 is 0 Å². The SMILES string of the molecule is C[B][C@@]1(B(C)C)CC1C. The summed E-state index contributed by atoms with van der Waals surface area (Å²) < 4.78 is 0. The summed E-state index contributed by atoms with van der Waals surface area (Å²) in [6.45, 7) is 10.0. The molecule has 0 aliphatic heterocycles. The monoisotopic (exact) mass is 121 g/mol. The van der Waals surface area contributed by atoms with E-state index >= 15 is 0 Å². The molecule has 0 nitrogen and oxygen atoms in total. The molecule has 0 spiro atoms. The Hall–Kier alpha value is 0.130. The number of hydrogen-bond donors (Lipinski definition) is 0. The van der Waals surface area contributed by atoms with Gasteiger partial charge in [0.1, 0.15) is 14.0 Å². The standard InChI is InChI=1S/C7H15B2/c1-6-5-7(6,8-2)9(3)4/h6H,5H2,1-4H3/t6?,7-/m1/s1. The molecule has 1 fully saturated rings. The molecule has 1 radical (unpaired) electrons. The second-order valence-electron chi connectivity index (χ2n) is 3.66.